The molecule has 1 saturated heterocycles. The molecule has 3 aromatic rings. The van der Waals surface area contributed by atoms with Crippen LogP contribution in [0.5, 0.6) is 5.75 Å². The molecule has 0 aliphatic carbocycles. The molecule has 7 nitrogen and oxygen atoms in total. The average molecular weight is 501 g/mol. The number of anilines is 2. The van der Waals surface area contributed by atoms with E-state index in [0.29, 0.717) is 23.5 Å². The molecule has 2 N–H and O–H groups in total. The summed E-state index contributed by atoms with van der Waals surface area (Å²) >= 11 is 6.44. The van der Waals surface area contributed by atoms with E-state index in [4.69, 9.17) is 16.3 Å². The van der Waals surface area contributed by atoms with Crippen molar-refractivity contribution < 1.29 is 13.2 Å². The predicted molar refractivity (Wildman–Crippen MR) is 137 cm³/mol. The van der Waals surface area contributed by atoms with Gasteiger partial charge in [-0.05, 0) is 63.2 Å². The standard InChI is InChI=1S/C25H29ClN4O3S/c1-16-6-5-7-22(28-16)19-8-11-25(21(26)12-19)34(31,32)29-23-13-20(9-10-24(23)33-4)30-14-17(2)27-18(3)15-30/h5-13,17-18,27,29H,14-15H2,1-4H3/t17-,18+. The fourth-order valence-corrected chi connectivity index (χ4v) is 5.90. The van der Waals surface area contributed by atoms with Crippen LogP contribution < -0.4 is 19.7 Å². The molecule has 2 aromatic carbocycles. The van der Waals surface area contributed by atoms with Crippen LogP contribution in [-0.2, 0) is 10.0 Å². The molecule has 1 fully saturated rings. The summed E-state index contributed by atoms with van der Waals surface area (Å²) in [6.45, 7) is 7.81. The monoisotopic (exact) mass is 500 g/mol. The first-order valence-electron chi connectivity index (χ1n) is 11.1. The van der Waals surface area contributed by atoms with Crippen LogP contribution in [0, 0.1) is 6.92 Å². The highest BCUT2D eigenvalue weighted by Crippen LogP contribution is 2.34. The maximum Gasteiger partial charge on any atom is 0.263 e. The van der Waals surface area contributed by atoms with Gasteiger partial charge in [0.15, 0.2) is 0 Å². The van der Waals surface area contributed by atoms with E-state index in [1.165, 1.54) is 13.2 Å². The SMILES string of the molecule is COc1ccc(N2C[C@@H](C)N[C@@H](C)C2)cc1NS(=O)(=O)c1ccc(-c2cccc(C)n2)cc1Cl. The molecule has 2 atom stereocenters. The van der Waals surface area contributed by atoms with Crippen molar-refractivity contribution in [3.05, 3.63) is 65.3 Å². The summed E-state index contributed by atoms with van der Waals surface area (Å²) in [6.07, 6.45) is 0. The molecule has 0 amide bonds. The molecule has 9 heteroatoms. The summed E-state index contributed by atoms with van der Waals surface area (Å²) in [6, 6.07) is 16.7. The van der Waals surface area contributed by atoms with Gasteiger partial charge in [-0.25, -0.2) is 8.42 Å². The Morgan fingerprint density at radius 2 is 1.82 bits per heavy atom. The molecule has 1 aromatic heterocycles. The lowest BCUT2D eigenvalue weighted by Gasteiger charge is -2.38. The fourth-order valence-electron chi connectivity index (χ4n) is 4.29. The van der Waals surface area contributed by atoms with Crippen molar-refractivity contribution in [1.82, 2.24) is 10.3 Å². The third kappa shape index (κ3) is 5.29. The Morgan fingerprint density at radius 3 is 2.47 bits per heavy atom. The molecule has 2 heterocycles. The third-order valence-electron chi connectivity index (χ3n) is 5.76. The van der Waals surface area contributed by atoms with Gasteiger partial charge < -0.3 is 15.0 Å². The number of ether oxygens (including phenoxy) is 1. The number of halogens is 1. The molecule has 180 valence electrons. The highest BCUT2D eigenvalue weighted by atomic mass is 35.5. The normalized spacial score (nSPS) is 18.6. The Labute approximate surface area is 206 Å². The number of aromatic nitrogens is 1. The van der Waals surface area contributed by atoms with Crippen LogP contribution in [0.3, 0.4) is 0 Å². The van der Waals surface area contributed by atoms with Gasteiger partial charge in [-0.2, -0.15) is 0 Å². The summed E-state index contributed by atoms with van der Waals surface area (Å²) in [5, 5.41) is 3.62. The second-order valence-electron chi connectivity index (χ2n) is 8.67. The molecule has 0 radical (unpaired) electrons. The van der Waals surface area contributed by atoms with Crippen molar-refractivity contribution in [2.24, 2.45) is 0 Å². The lowest BCUT2D eigenvalue weighted by Crippen LogP contribution is -2.54. The van der Waals surface area contributed by atoms with Crippen LogP contribution in [0.2, 0.25) is 5.02 Å². The maximum atomic E-state index is 13.3. The minimum absolute atomic E-state index is 0.0116. The Morgan fingerprint density at radius 1 is 1.09 bits per heavy atom. The number of sulfonamides is 1. The van der Waals surface area contributed by atoms with Gasteiger partial charge in [0.2, 0.25) is 0 Å². The largest absolute Gasteiger partial charge is 0.495 e. The van der Waals surface area contributed by atoms with Crippen molar-refractivity contribution in [2.75, 3.05) is 29.8 Å². The lowest BCUT2D eigenvalue weighted by molar-refractivity contribution is 0.406. The smallest absolute Gasteiger partial charge is 0.263 e. The van der Waals surface area contributed by atoms with Crippen molar-refractivity contribution in [3.63, 3.8) is 0 Å². The zero-order valence-electron chi connectivity index (χ0n) is 19.7. The Kier molecular flexibility index (Phi) is 7.02. The number of nitrogens with one attached hydrogen (secondary N) is 2. The number of nitrogens with zero attached hydrogens (tertiary/aromatic N) is 2. The van der Waals surface area contributed by atoms with Gasteiger partial charge in [-0.15, -0.1) is 0 Å². The van der Waals surface area contributed by atoms with Crippen LogP contribution >= 0.6 is 11.6 Å². The van der Waals surface area contributed by atoms with Gasteiger partial charge in [-0.1, -0.05) is 23.7 Å². The van der Waals surface area contributed by atoms with Crippen molar-refractivity contribution in [3.8, 4) is 17.0 Å². The molecule has 0 unspecified atom stereocenters. The minimum atomic E-state index is -3.97. The van der Waals surface area contributed by atoms with Gasteiger partial charge in [0.05, 0.1) is 23.5 Å². The van der Waals surface area contributed by atoms with Crippen LogP contribution in [-0.4, -0.2) is 45.7 Å². The molecular formula is C25H29ClN4O3S. The van der Waals surface area contributed by atoms with Gasteiger partial charge >= 0.3 is 0 Å². The van der Waals surface area contributed by atoms with E-state index in [-0.39, 0.29) is 9.92 Å². The molecule has 0 spiro atoms. The number of piperazine rings is 1. The molecule has 0 saturated carbocycles. The molecule has 1 aliphatic rings. The van der Waals surface area contributed by atoms with Gasteiger partial charge in [0.1, 0.15) is 10.6 Å². The minimum Gasteiger partial charge on any atom is -0.495 e. The van der Waals surface area contributed by atoms with Gasteiger partial charge in [0, 0.05) is 42.1 Å². The third-order valence-corrected chi connectivity index (χ3v) is 7.60. The molecular weight excluding hydrogens is 472 g/mol. The van der Waals surface area contributed by atoms with Crippen LogP contribution in [0.15, 0.2) is 59.5 Å². The van der Waals surface area contributed by atoms with E-state index in [9.17, 15) is 8.42 Å². The number of methoxy groups -OCH3 is 1. The molecule has 4 rings (SSSR count). The highest BCUT2D eigenvalue weighted by Gasteiger charge is 2.24. The first-order chi connectivity index (χ1) is 16.2. The van der Waals surface area contributed by atoms with Crippen molar-refractivity contribution in [1.29, 1.82) is 0 Å². The molecule has 1 aliphatic heterocycles. The molecule has 34 heavy (non-hydrogen) atoms. The summed E-state index contributed by atoms with van der Waals surface area (Å²) in [5.41, 5.74) is 3.62. The zero-order valence-corrected chi connectivity index (χ0v) is 21.2. The van der Waals surface area contributed by atoms with Crippen LogP contribution in [0.25, 0.3) is 11.3 Å². The van der Waals surface area contributed by atoms with E-state index in [1.807, 2.05) is 31.2 Å². The summed E-state index contributed by atoms with van der Waals surface area (Å²) in [4.78, 5) is 6.71. The van der Waals surface area contributed by atoms with Crippen LogP contribution in [0.1, 0.15) is 19.5 Å². The second-order valence-corrected chi connectivity index (χ2v) is 10.7. The molecule has 0 bridgehead atoms. The number of pyridine rings is 1. The van der Waals surface area contributed by atoms with Gasteiger partial charge in [-0.3, -0.25) is 9.71 Å². The number of aryl methyl sites for hydroxylation is 1. The second kappa shape index (κ2) is 9.82. The van der Waals surface area contributed by atoms with E-state index < -0.39 is 10.0 Å². The van der Waals surface area contributed by atoms with Gasteiger partial charge in [0.25, 0.3) is 10.0 Å². The Balaban J connectivity index is 1.64. The fraction of sp³-hybridized carbons (Fsp3) is 0.320. The summed E-state index contributed by atoms with van der Waals surface area (Å²) in [5.74, 6) is 0.431. The number of benzene rings is 2. The Bertz CT molecular complexity index is 1290. The van der Waals surface area contributed by atoms with Crippen molar-refractivity contribution in [2.45, 2.75) is 37.8 Å². The van der Waals surface area contributed by atoms with Crippen molar-refractivity contribution >= 4 is 33.0 Å². The predicted octanol–water partition coefficient (Wildman–Crippen LogP) is 4.71. The first-order valence-corrected chi connectivity index (χ1v) is 13.0. The first kappa shape index (κ1) is 24.3. The Hall–Kier alpha value is -2.81. The van der Waals surface area contributed by atoms with E-state index in [2.05, 4.69) is 33.8 Å². The zero-order chi connectivity index (χ0) is 24.5. The summed E-state index contributed by atoms with van der Waals surface area (Å²) in [7, 11) is -2.45. The summed E-state index contributed by atoms with van der Waals surface area (Å²) < 4.78 is 34.7. The van der Waals surface area contributed by atoms with E-state index in [0.717, 1.165) is 35.7 Å². The topological polar surface area (TPSA) is 83.6 Å². The van der Waals surface area contributed by atoms with E-state index in [1.54, 1.807) is 24.3 Å². The number of rotatable bonds is 6. The maximum absolute atomic E-state index is 13.3. The average Bonchev–Trinajstić information content (AvgIpc) is 2.78. The number of hydrogen-bond donors (Lipinski definition) is 2. The van der Waals surface area contributed by atoms with Crippen LogP contribution in [0.4, 0.5) is 11.4 Å². The number of hydrogen-bond acceptors (Lipinski definition) is 6. The quantitative estimate of drug-likeness (QED) is 0.510. The highest BCUT2D eigenvalue weighted by molar-refractivity contribution is 7.92. The van der Waals surface area contributed by atoms with E-state index >= 15 is 0 Å². The lowest BCUT2D eigenvalue weighted by atomic mass is 10.1.